The third kappa shape index (κ3) is 3.28. The molecule has 1 atom stereocenters. The Morgan fingerprint density at radius 1 is 1.06 bits per heavy atom. The number of amides is 1. The summed E-state index contributed by atoms with van der Waals surface area (Å²) in [5.74, 6) is 2.07. The van der Waals surface area contributed by atoms with Gasteiger partial charge in [-0.2, -0.15) is 0 Å². The lowest BCUT2D eigenvalue weighted by molar-refractivity contribution is -0.133. The van der Waals surface area contributed by atoms with Gasteiger partial charge in [0.15, 0.2) is 0 Å². The number of nitrogens with one attached hydrogen (secondary N) is 1. The number of carbonyl (C=O) groups is 1. The zero-order chi connectivity index (χ0) is 21.5. The van der Waals surface area contributed by atoms with E-state index in [-0.39, 0.29) is 11.8 Å². The summed E-state index contributed by atoms with van der Waals surface area (Å²) in [5, 5.41) is 10.1. The predicted octanol–water partition coefficient (Wildman–Crippen LogP) is 3.25. The first kappa shape index (κ1) is 19.2. The molecule has 0 spiro atoms. The molecule has 1 amide bonds. The maximum atomic E-state index is 13.6. The number of nitrogens with zero attached hydrogens (tertiary/aromatic N) is 5. The van der Waals surface area contributed by atoms with Gasteiger partial charge in [0.2, 0.25) is 5.91 Å². The van der Waals surface area contributed by atoms with E-state index in [9.17, 15) is 4.79 Å². The molecule has 1 aliphatic carbocycles. The molecule has 1 aromatic carbocycles. The number of rotatable bonds is 3. The first-order valence-electron chi connectivity index (χ1n) is 11.5. The van der Waals surface area contributed by atoms with Gasteiger partial charge in [0.25, 0.3) is 0 Å². The van der Waals surface area contributed by atoms with E-state index in [1.165, 1.54) is 10.9 Å². The fourth-order valence-electron chi connectivity index (χ4n) is 5.30. The summed E-state index contributed by atoms with van der Waals surface area (Å²) in [4.78, 5) is 23.5. The van der Waals surface area contributed by atoms with Crippen molar-refractivity contribution in [2.24, 2.45) is 0 Å². The summed E-state index contributed by atoms with van der Waals surface area (Å²) in [5.41, 5.74) is 4.71. The number of para-hydroxylation sites is 1. The van der Waals surface area contributed by atoms with Gasteiger partial charge in [-0.05, 0) is 42.5 Å². The standard InChI is InChI=1S/C25H26N6O/c32-25(20-8-3-7-19-18-6-1-2-9-21(18)27-24(19)20)30-12-10-22-28-29-23(31(22)14-13-30)15-17-5-4-11-26-16-17/h1-2,4-6,9,11,16,20,27H,3,7-8,10,12-15H2. The van der Waals surface area contributed by atoms with E-state index in [1.54, 1.807) is 6.20 Å². The maximum absolute atomic E-state index is 13.6. The highest BCUT2D eigenvalue weighted by atomic mass is 16.2. The van der Waals surface area contributed by atoms with Crippen LogP contribution in [0.2, 0.25) is 0 Å². The molecule has 2 aliphatic rings. The highest BCUT2D eigenvalue weighted by Crippen LogP contribution is 2.37. The minimum Gasteiger partial charge on any atom is -0.357 e. The van der Waals surface area contributed by atoms with Gasteiger partial charge >= 0.3 is 0 Å². The lowest BCUT2D eigenvalue weighted by Crippen LogP contribution is -2.38. The van der Waals surface area contributed by atoms with Gasteiger partial charge in [-0.25, -0.2) is 0 Å². The summed E-state index contributed by atoms with van der Waals surface area (Å²) in [6, 6.07) is 12.4. The number of aryl methyl sites for hydroxylation is 1. The average molecular weight is 427 g/mol. The van der Waals surface area contributed by atoms with E-state index in [1.807, 2.05) is 17.2 Å². The smallest absolute Gasteiger partial charge is 0.231 e. The van der Waals surface area contributed by atoms with Crippen molar-refractivity contribution in [3.05, 3.63) is 77.3 Å². The van der Waals surface area contributed by atoms with Crippen molar-refractivity contribution in [3.8, 4) is 0 Å². The summed E-state index contributed by atoms with van der Waals surface area (Å²) < 4.78 is 2.19. The fraction of sp³-hybridized carbons (Fsp3) is 0.360. The quantitative estimate of drug-likeness (QED) is 0.545. The topological polar surface area (TPSA) is 79.7 Å². The van der Waals surface area contributed by atoms with Crippen molar-refractivity contribution in [1.82, 2.24) is 29.6 Å². The van der Waals surface area contributed by atoms with Gasteiger partial charge in [-0.15, -0.1) is 10.2 Å². The van der Waals surface area contributed by atoms with Crippen LogP contribution < -0.4 is 0 Å². The number of benzene rings is 1. The Morgan fingerprint density at radius 2 is 2.00 bits per heavy atom. The van der Waals surface area contributed by atoms with Crippen LogP contribution in [0.15, 0.2) is 48.8 Å². The molecule has 0 radical (unpaired) electrons. The number of aromatic nitrogens is 5. The number of carbonyl (C=O) groups excluding carboxylic acids is 1. The maximum Gasteiger partial charge on any atom is 0.231 e. The summed E-state index contributed by atoms with van der Waals surface area (Å²) in [7, 11) is 0. The molecule has 1 aliphatic heterocycles. The van der Waals surface area contributed by atoms with Crippen LogP contribution in [0.25, 0.3) is 10.9 Å². The normalized spacial score (nSPS) is 18.2. The fourth-order valence-corrected chi connectivity index (χ4v) is 5.30. The second-order valence-electron chi connectivity index (χ2n) is 8.81. The van der Waals surface area contributed by atoms with Crippen LogP contribution in [0.5, 0.6) is 0 Å². The zero-order valence-electron chi connectivity index (χ0n) is 18.0. The largest absolute Gasteiger partial charge is 0.357 e. The highest BCUT2D eigenvalue weighted by molar-refractivity contribution is 5.90. The van der Waals surface area contributed by atoms with E-state index in [2.05, 4.69) is 55.1 Å². The Morgan fingerprint density at radius 3 is 2.91 bits per heavy atom. The molecule has 7 heteroatoms. The minimum atomic E-state index is -0.0791. The first-order chi connectivity index (χ1) is 15.8. The molecule has 4 aromatic rings. The predicted molar refractivity (Wildman–Crippen MR) is 121 cm³/mol. The van der Waals surface area contributed by atoms with Crippen molar-refractivity contribution in [2.75, 3.05) is 13.1 Å². The number of hydrogen-bond acceptors (Lipinski definition) is 4. The average Bonchev–Trinajstić information content (AvgIpc) is 3.32. The van der Waals surface area contributed by atoms with Gasteiger partial charge in [-0.3, -0.25) is 9.78 Å². The number of pyridine rings is 1. The molecule has 0 saturated heterocycles. The summed E-state index contributed by atoms with van der Waals surface area (Å²) in [6.07, 6.45) is 8.10. The van der Waals surface area contributed by atoms with E-state index in [0.29, 0.717) is 19.5 Å². The van der Waals surface area contributed by atoms with Crippen molar-refractivity contribution >= 4 is 16.8 Å². The molecular weight excluding hydrogens is 400 g/mol. The van der Waals surface area contributed by atoms with E-state index >= 15 is 0 Å². The lowest BCUT2D eigenvalue weighted by atomic mass is 9.86. The van der Waals surface area contributed by atoms with E-state index in [0.717, 1.165) is 60.7 Å². The lowest BCUT2D eigenvalue weighted by Gasteiger charge is -2.28. The van der Waals surface area contributed by atoms with Gasteiger partial charge in [0.05, 0.1) is 5.92 Å². The SMILES string of the molecule is O=C(C1CCCc2c1[nH]c1ccccc21)N1CCc2nnc(Cc3cccnc3)n2CC1. The van der Waals surface area contributed by atoms with E-state index in [4.69, 9.17) is 0 Å². The Bertz CT molecular complexity index is 1270. The summed E-state index contributed by atoms with van der Waals surface area (Å²) >= 11 is 0. The zero-order valence-corrected chi connectivity index (χ0v) is 18.0. The van der Waals surface area contributed by atoms with Crippen molar-refractivity contribution < 1.29 is 4.79 Å². The molecule has 1 N–H and O–H groups in total. The van der Waals surface area contributed by atoms with Gasteiger partial charge in [0, 0.05) is 61.5 Å². The first-order valence-corrected chi connectivity index (χ1v) is 11.5. The molecular formula is C25H26N6O. The highest BCUT2D eigenvalue weighted by Gasteiger charge is 2.33. The molecule has 1 unspecified atom stereocenters. The summed E-state index contributed by atoms with van der Waals surface area (Å²) in [6.45, 7) is 2.11. The van der Waals surface area contributed by atoms with Crippen LogP contribution in [0.4, 0.5) is 0 Å². The van der Waals surface area contributed by atoms with Gasteiger partial charge in [-0.1, -0.05) is 24.3 Å². The molecule has 4 heterocycles. The number of H-pyrrole nitrogens is 1. The Hall–Kier alpha value is -3.48. The second kappa shape index (κ2) is 7.89. The number of hydrogen-bond donors (Lipinski definition) is 1. The minimum absolute atomic E-state index is 0.0791. The van der Waals surface area contributed by atoms with Crippen LogP contribution in [0.3, 0.4) is 0 Å². The molecule has 0 fully saturated rings. The molecule has 0 bridgehead atoms. The number of aromatic amines is 1. The molecule has 3 aromatic heterocycles. The van der Waals surface area contributed by atoms with Crippen LogP contribution in [0, 0.1) is 0 Å². The molecule has 32 heavy (non-hydrogen) atoms. The van der Waals surface area contributed by atoms with Crippen LogP contribution in [-0.2, 0) is 30.6 Å². The molecule has 7 nitrogen and oxygen atoms in total. The Kier molecular flexibility index (Phi) is 4.74. The van der Waals surface area contributed by atoms with Gasteiger partial charge in [0.1, 0.15) is 11.6 Å². The Labute approximate surface area is 186 Å². The molecule has 0 saturated carbocycles. The third-order valence-electron chi connectivity index (χ3n) is 6.91. The number of fused-ring (bicyclic) bond motifs is 4. The Balaban J connectivity index is 1.22. The van der Waals surface area contributed by atoms with Crippen LogP contribution in [-0.4, -0.2) is 48.6 Å². The molecule has 162 valence electrons. The van der Waals surface area contributed by atoms with Crippen LogP contribution in [0.1, 0.15) is 47.2 Å². The second-order valence-corrected chi connectivity index (χ2v) is 8.81. The van der Waals surface area contributed by atoms with Crippen LogP contribution >= 0.6 is 0 Å². The third-order valence-corrected chi connectivity index (χ3v) is 6.91. The monoisotopic (exact) mass is 426 g/mol. The molecule has 6 rings (SSSR count). The van der Waals surface area contributed by atoms with E-state index < -0.39 is 0 Å². The van der Waals surface area contributed by atoms with Crippen molar-refractivity contribution in [2.45, 2.75) is 44.6 Å². The van der Waals surface area contributed by atoms with Crippen molar-refractivity contribution in [1.29, 1.82) is 0 Å². The van der Waals surface area contributed by atoms with Crippen molar-refractivity contribution in [3.63, 3.8) is 0 Å². The van der Waals surface area contributed by atoms with Gasteiger partial charge < -0.3 is 14.5 Å².